The zero-order valence-corrected chi connectivity index (χ0v) is 22.7. The van der Waals surface area contributed by atoms with Crippen molar-refractivity contribution in [3.8, 4) is 35.0 Å². The van der Waals surface area contributed by atoms with Crippen LogP contribution in [0.15, 0.2) is 59.4 Å². The van der Waals surface area contributed by atoms with Crippen LogP contribution in [0.3, 0.4) is 0 Å². The lowest BCUT2D eigenvalue weighted by Gasteiger charge is -2.32. The van der Waals surface area contributed by atoms with E-state index in [2.05, 4.69) is 31.6 Å². The first-order valence-corrected chi connectivity index (χ1v) is 14.1. The van der Waals surface area contributed by atoms with Gasteiger partial charge in [0.25, 0.3) is 0 Å². The van der Waals surface area contributed by atoms with Crippen LogP contribution in [0.5, 0.6) is 11.5 Å². The number of nitrogens with zero attached hydrogens (tertiary/aromatic N) is 2. The van der Waals surface area contributed by atoms with E-state index in [1.54, 1.807) is 18.2 Å². The van der Waals surface area contributed by atoms with Crippen molar-refractivity contribution < 1.29 is 21.2 Å². The van der Waals surface area contributed by atoms with Gasteiger partial charge < -0.3 is 23.4 Å². The van der Waals surface area contributed by atoms with E-state index in [0.717, 1.165) is 36.8 Å². The molecular weight excluding hydrogens is 533 g/mol. The Morgan fingerprint density at radius 2 is 1.85 bits per heavy atom. The van der Waals surface area contributed by atoms with E-state index < -0.39 is 10.5 Å². The molecule has 1 saturated heterocycles. The molecule has 40 heavy (non-hydrogen) atoms. The van der Waals surface area contributed by atoms with Gasteiger partial charge in [-0.3, -0.25) is 4.79 Å². The summed E-state index contributed by atoms with van der Waals surface area (Å²) in [7, 11) is -1.61. The van der Waals surface area contributed by atoms with E-state index in [9.17, 15) is 17.1 Å². The molecule has 0 atom stereocenters. The topological polar surface area (TPSA) is 93.6 Å². The van der Waals surface area contributed by atoms with Crippen molar-refractivity contribution in [1.82, 2.24) is 14.5 Å². The van der Waals surface area contributed by atoms with E-state index in [0.29, 0.717) is 44.4 Å². The molecule has 8 nitrogen and oxygen atoms in total. The number of likely N-dealkylation sites (tertiary alicyclic amines) is 1. The second-order valence-corrected chi connectivity index (χ2v) is 11.0. The smallest absolute Gasteiger partial charge is 0.488 e. The van der Waals surface area contributed by atoms with E-state index in [-0.39, 0.29) is 17.2 Å². The molecule has 1 fully saturated rings. The van der Waals surface area contributed by atoms with Gasteiger partial charge >= 0.3 is 10.5 Å². The summed E-state index contributed by atoms with van der Waals surface area (Å²) in [5.74, 6) is 2.89. The van der Waals surface area contributed by atoms with Crippen molar-refractivity contribution in [2.75, 3.05) is 27.2 Å². The van der Waals surface area contributed by atoms with Crippen molar-refractivity contribution in [1.29, 1.82) is 0 Å². The van der Waals surface area contributed by atoms with Crippen LogP contribution in [0.1, 0.15) is 24.4 Å². The summed E-state index contributed by atoms with van der Waals surface area (Å²) >= 11 is 0. The third-order valence-electron chi connectivity index (χ3n) is 7.63. The lowest BCUT2D eigenvalue weighted by molar-refractivity contribution is 0.226. The Bertz CT molecular complexity index is 2020. The largest absolute Gasteiger partial charge is 0.496 e. The number of fused-ring (bicyclic) bond motifs is 4. The van der Waals surface area contributed by atoms with Gasteiger partial charge in [0.1, 0.15) is 17.1 Å². The van der Waals surface area contributed by atoms with Crippen LogP contribution in [-0.2, 0) is 10.5 Å². The second kappa shape index (κ2) is 9.70. The van der Waals surface area contributed by atoms with Gasteiger partial charge in [-0.2, -0.15) is 8.42 Å². The molecule has 0 bridgehead atoms. The summed E-state index contributed by atoms with van der Waals surface area (Å²) in [4.78, 5) is 19.8. The fraction of sp³-hybridized carbons (Fsp3) is 0.233. The zero-order chi connectivity index (χ0) is 28.2. The highest BCUT2D eigenvalue weighted by molar-refractivity contribution is 7.81. The molecule has 10 heteroatoms. The number of aromatic amines is 1. The number of piperidine rings is 1. The predicted molar refractivity (Wildman–Crippen MR) is 154 cm³/mol. The molecule has 204 valence electrons. The van der Waals surface area contributed by atoms with Crippen molar-refractivity contribution >= 4 is 43.3 Å². The average Bonchev–Trinajstić information content (AvgIpc) is 3.31. The first kappa shape index (κ1) is 25.9. The third-order valence-corrected chi connectivity index (χ3v) is 8.02. The molecule has 0 saturated carbocycles. The van der Waals surface area contributed by atoms with Crippen LogP contribution in [0.25, 0.3) is 44.0 Å². The molecule has 0 unspecified atom stereocenters. The molecule has 3 heterocycles. The number of halogens is 1. The quantitative estimate of drug-likeness (QED) is 0.236. The number of hydrogen-bond donors (Lipinski definition) is 1. The van der Waals surface area contributed by atoms with Crippen LogP contribution in [-0.4, -0.2) is 50.1 Å². The summed E-state index contributed by atoms with van der Waals surface area (Å²) in [6.45, 7) is 1.81. The Morgan fingerprint density at radius 3 is 2.55 bits per heavy atom. The fourth-order valence-electron chi connectivity index (χ4n) is 5.75. The minimum atomic E-state index is -5.20. The molecular formula is C30H26FN3O5S. The number of benzene rings is 3. The molecule has 0 amide bonds. The third kappa shape index (κ3) is 4.47. The first-order chi connectivity index (χ1) is 19.2. The monoisotopic (exact) mass is 559 g/mol. The van der Waals surface area contributed by atoms with Gasteiger partial charge in [-0.1, -0.05) is 28.0 Å². The lowest BCUT2D eigenvalue weighted by Crippen LogP contribution is -2.32. The van der Waals surface area contributed by atoms with Crippen LogP contribution >= 0.6 is 0 Å². The number of terminal acetylenes is 1. The maximum absolute atomic E-state index is 14.1. The Labute approximate surface area is 230 Å². The molecule has 1 aliphatic rings. The number of aromatic nitrogens is 2. The average molecular weight is 560 g/mol. The summed E-state index contributed by atoms with van der Waals surface area (Å²) in [6, 6.07) is 15.3. The van der Waals surface area contributed by atoms with Crippen molar-refractivity contribution in [3.63, 3.8) is 0 Å². The van der Waals surface area contributed by atoms with Gasteiger partial charge in [0.05, 0.1) is 23.4 Å². The number of ether oxygens (including phenoxy) is 1. The Kier molecular flexibility index (Phi) is 6.28. The lowest BCUT2D eigenvalue weighted by atomic mass is 9.98. The number of methoxy groups -OCH3 is 1. The number of nitrogens with one attached hydrogen (secondary N) is 1. The minimum absolute atomic E-state index is 0.106. The predicted octanol–water partition coefficient (Wildman–Crippen LogP) is 5.15. The van der Waals surface area contributed by atoms with Crippen LogP contribution < -0.4 is 14.3 Å². The molecule has 3 aromatic carbocycles. The van der Waals surface area contributed by atoms with Crippen LogP contribution in [0, 0.1) is 12.3 Å². The summed E-state index contributed by atoms with van der Waals surface area (Å²) in [6.07, 6.45) is 7.41. The van der Waals surface area contributed by atoms with Crippen molar-refractivity contribution in [2.24, 2.45) is 0 Å². The number of rotatable bonds is 5. The molecule has 1 N–H and O–H groups in total. The van der Waals surface area contributed by atoms with Crippen molar-refractivity contribution in [3.05, 3.63) is 70.4 Å². The van der Waals surface area contributed by atoms with E-state index >= 15 is 0 Å². The fourth-order valence-corrected chi connectivity index (χ4v) is 6.08. The summed E-state index contributed by atoms with van der Waals surface area (Å²) < 4.78 is 47.8. The Hall–Kier alpha value is -4.33. The Balaban J connectivity index is 1.68. The minimum Gasteiger partial charge on any atom is -0.496 e. The maximum atomic E-state index is 14.1. The molecule has 2 aromatic heterocycles. The van der Waals surface area contributed by atoms with Gasteiger partial charge in [0.2, 0.25) is 0 Å². The highest BCUT2D eigenvalue weighted by atomic mass is 32.3. The van der Waals surface area contributed by atoms with E-state index in [4.69, 9.17) is 11.2 Å². The van der Waals surface area contributed by atoms with Gasteiger partial charge in [-0.05, 0) is 74.9 Å². The second-order valence-electron chi connectivity index (χ2n) is 10.1. The molecule has 1 aliphatic heterocycles. The summed E-state index contributed by atoms with van der Waals surface area (Å²) in [5.41, 5.74) is 3.91. The normalized spacial score (nSPS) is 15.1. The molecule has 5 aromatic rings. The highest BCUT2D eigenvalue weighted by Crippen LogP contribution is 2.39. The number of hydrogen-bond acceptors (Lipinski definition) is 6. The molecule has 6 rings (SSSR count). The van der Waals surface area contributed by atoms with Gasteiger partial charge in [-0.25, -0.2) is 0 Å². The van der Waals surface area contributed by atoms with Crippen LogP contribution in [0.4, 0.5) is 3.89 Å². The molecule has 0 radical (unpaired) electrons. The number of H-pyrrole nitrogens is 1. The maximum Gasteiger partial charge on any atom is 0.488 e. The highest BCUT2D eigenvalue weighted by Gasteiger charge is 2.26. The summed E-state index contributed by atoms with van der Waals surface area (Å²) in [5, 5.41) is 1.87. The van der Waals surface area contributed by atoms with Crippen LogP contribution in [0.2, 0.25) is 0 Å². The van der Waals surface area contributed by atoms with Gasteiger partial charge in [0.15, 0.2) is 5.43 Å². The molecule has 0 spiro atoms. The van der Waals surface area contributed by atoms with E-state index in [1.807, 2.05) is 24.3 Å². The van der Waals surface area contributed by atoms with Crippen molar-refractivity contribution in [2.45, 2.75) is 18.9 Å². The first-order valence-electron chi connectivity index (χ1n) is 12.8. The van der Waals surface area contributed by atoms with Gasteiger partial charge in [0, 0.05) is 28.1 Å². The van der Waals surface area contributed by atoms with Gasteiger partial charge in [-0.15, -0.1) is 6.42 Å². The standard InChI is InChI=1S/C30H26FN3O5S/c1-4-18-8-9-22-25(14-18)32-30-28(22)29(35)24-17-27(38-3)23(19-6-5-7-21(15-19)39-40(31,36)37)16-26(24)34(30)20-10-12-33(2)13-11-20/h1,5-9,14-17,20,32H,10-13H2,2-3H3. The molecule has 0 aliphatic carbocycles. The SMILES string of the molecule is C#Cc1ccc2c(c1)[nH]c1c2c(=O)c2cc(OC)c(-c3cccc(OS(=O)(=O)F)c3)cc2n1C1CCN(C)CC1. The zero-order valence-electron chi connectivity index (χ0n) is 21.9. The Morgan fingerprint density at radius 1 is 1.07 bits per heavy atom. The number of pyridine rings is 1. The van der Waals surface area contributed by atoms with E-state index in [1.165, 1.54) is 19.2 Å².